The Morgan fingerprint density at radius 1 is 1.23 bits per heavy atom. The van der Waals surface area contributed by atoms with Crippen molar-refractivity contribution in [2.24, 2.45) is 0 Å². The van der Waals surface area contributed by atoms with Gasteiger partial charge in [-0.05, 0) is 57.5 Å². The number of nitrogens with zero attached hydrogens (tertiary/aromatic N) is 2. The monoisotopic (exact) mass is 410 g/mol. The van der Waals surface area contributed by atoms with Gasteiger partial charge in [0.1, 0.15) is 11.9 Å². The summed E-state index contributed by atoms with van der Waals surface area (Å²) in [7, 11) is 0. The zero-order valence-electron chi connectivity index (χ0n) is 18.2. The molecule has 1 saturated heterocycles. The van der Waals surface area contributed by atoms with Crippen LogP contribution in [0.5, 0.6) is 0 Å². The number of benzene rings is 2. The van der Waals surface area contributed by atoms with Crippen LogP contribution in [0.1, 0.15) is 31.9 Å². The number of hydrogen-bond donors (Lipinski definition) is 2. The molecule has 1 amide bonds. The topological polar surface area (TPSA) is 47.6 Å². The number of carbonyl (C=O) groups excluding carboxylic acids is 1. The predicted octanol–water partition coefficient (Wildman–Crippen LogP) is 4.03. The summed E-state index contributed by atoms with van der Waals surface area (Å²) in [5, 5.41) is 6.21. The maximum atomic E-state index is 14.1. The summed E-state index contributed by atoms with van der Waals surface area (Å²) in [6.45, 7) is 11.6. The van der Waals surface area contributed by atoms with E-state index in [0.717, 1.165) is 42.3 Å². The van der Waals surface area contributed by atoms with Crippen LogP contribution in [-0.4, -0.2) is 48.6 Å². The second-order valence-electron chi connectivity index (χ2n) is 8.79. The van der Waals surface area contributed by atoms with Crippen molar-refractivity contribution < 1.29 is 9.18 Å². The highest BCUT2D eigenvalue weighted by Gasteiger charge is 2.30. The van der Waals surface area contributed by atoms with Crippen molar-refractivity contribution >= 4 is 23.0 Å². The lowest BCUT2D eigenvalue weighted by atomic mass is 10.1. The summed E-state index contributed by atoms with van der Waals surface area (Å²) >= 11 is 0. The normalized spacial score (nSPS) is 21.5. The zero-order chi connectivity index (χ0) is 21.4. The highest BCUT2D eigenvalue weighted by atomic mass is 19.1. The molecule has 6 heteroatoms. The van der Waals surface area contributed by atoms with Gasteiger partial charge in [0.15, 0.2) is 0 Å². The van der Waals surface area contributed by atoms with Crippen LogP contribution in [0.25, 0.3) is 0 Å². The first-order chi connectivity index (χ1) is 14.3. The Bertz CT molecular complexity index is 914. The van der Waals surface area contributed by atoms with E-state index < -0.39 is 6.04 Å². The molecule has 2 unspecified atom stereocenters. The lowest BCUT2D eigenvalue weighted by Crippen LogP contribution is -2.54. The summed E-state index contributed by atoms with van der Waals surface area (Å²) in [4.78, 5) is 17.7. The molecular formula is C24H31FN4O. The van der Waals surface area contributed by atoms with Crippen LogP contribution in [0.4, 0.5) is 21.5 Å². The van der Waals surface area contributed by atoms with Crippen molar-refractivity contribution in [2.75, 3.05) is 35.2 Å². The van der Waals surface area contributed by atoms with Crippen molar-refractivity contribution in [3.63, 3.8) is 0 Å². The van der Waals surface area contributed by atoms with Crippen molar-refractivity contribution in [1.82, 2.24) is 4.90 Å². The van der Waals surface area contributed by atoms with E-state index in [2.05, 4.69) is 47.3 Å². The minimum absolute atomic E-state index is 0.139. The molecule has 0 saturated carbocycles. The van der Waals surface area contributed by atoms with Crippen LogP contribution in [0.2, 0.25) is 0 Å². The van der Waals surface area contributed by atoms with Crippen molar-refractivity contribution in [3.8, 4) is 0 Å². The number of carbonyl (C=O) groups is 1. The smallest absolute Gasteiger partial charge is 0.247 e. The van der Waals surface area contributed by atoms with E-state index in [1.807, 2.05) is 25.1 Å². The average Bonchev–Trinajstić information content (AvgIpc) is 3.18. The molecule has 2 heterocycles. The SMILES string of the molecule is Cc1ccc(F)c2c1NC(C(=O)Nc1cccc(N3CCN(C(C)C)C(C)C3)c1)C2. The quantitative estimate of drug-likeness (QED) is 0.799. The second-order valence-corrected chi connectivity index (χ2v) is 8.79. The van der Waals surface area contributed by atoms with Gasteiger partial charge in [-0.1, -0.05) is 12.1 Å². The number of fused-ring (bicyclic) bond motifs is 1. The van der Waals surface area contributed by atoms with E-state index >= 15 is 0 Å². The Morgan fingerprint density at radius 2 is 2.03 bits per heavy atom. The molecule has 2 aliphatic rings. The lowest BCUT2D eigenvalue weighted by Gasteiger charge is -2.43. The van der Waals surface area contributed by atoms with Crippen LogP contribution in [0.3, 0.4) is 0 Å². The molecule has 0 radical (unpaired) electrons. The standard InChI is InChI=1S/C24H31FN4O/c1-15(2)29-11-10-28(14-17(29)4)19-7-5-6-18(12-19)26-24(30)22-13-20-21(25)9-8-16(3)23(20)27-22/h5-9,12,15,17,22,27H,10-11,13-14H2,1-4H3,(H,26,30). The van der Waals surface area contributed by atoms with E-state index in [4.69, 9.17) is 0 Å². The van der Waals surface area contributed by atoms with Crippen molar-refractivity contribution in [2.45, 2.75) is 52.2 Å². The van der Waals surface area contributed by atoms with Gasteiger partial charge < -0.3 is 15.5 Å². The first kappa shape index (κ1) is 20.7. The summed E-state index contributed by atoms with van der Waals surface area (Å²) in [6.07, 6.45) is 0.364. The van der Waals surface area contributed by atoms with Crippen LogP contribution < -0.4 is 15.5 Å². The molecule has 5 nitrogen and oxygen atoms in total. The second kappa shape index (κ2) is 8.26. The number of halogens is 1. The molecule has 1 fully saturated rings. The van der Waals surface area contributed by atoms with Gasteiger partial charge in [0.25, 0.3) is 0 Å². The first-order valence-corrected chi connectivity index (χ1v) is 10.8. The van der Waals surface area contributed by atoms with E-state index in [1.54, 1.807) is 6.07 Å². The lowest BCUT2D eigenvalue weighted by molar-refractivity contribution is -0.116. The number of nitrogens with one attached hydrogen (secondary N) is 2. The van der Waals surface area contributed by atoms with Gasteiger partial charge in [-0.3, -0.25) is 9.69 Å². The molecular weight excluding hydrogens is 379 g/mol. The fourth-order valence-electron chi connectivity index (χ4n) is 4.71. The summed E-state index contributed by atoms with van der Waals surface area (Å²) in [6, 6.07) is 11.8. The molecule has 0 aromatic heterocycles. The fraction of sp³-hybridized carbons (Fsp3) is 0.458. The molecule has 2 aromatic rings. The van der Waals surface area contributed by atoms with E-state index in [9.17, 15) is 9.18 Å². The van der Waals surface area contributed by atoms with Crippen LogP contribution in [-0.2, 0) is 11.2 Å². The maximum absolute atomic E-state index is 14.1. The number of aryl methyl sites for hydroxylation is 1. The van der Waals surface area contributed by atoms with Crippen molar-refractivity contribution in [3.05, 3.63) is 53.3 Å². The van der Waals surface area contributed by atoms with Gasteiger partial charge in [-0.2, -0.15) is 0 Å². The number of amides is 1. The molecule has 4 rings (SSSR count). The molecule has 2 N–H and O–H groups in total. The van der Waals surface area contributed by atoms with Crippen LogP contribution in [0, 0.1) is 12.7 Å². The molecule has 0 spiro atoms. The maximum Gasteiger partial charge on any atom is 0.247 e. The third-order valence-corrected chi connectivity index (χ3v) is 6.33. The van der Waals surface area contributed by atoms with E-state index in [-0.39, 0.29) is 11.7 Å². The van der Waals surface area contributed by atoms with Crippen molar-refractivity contribution in [1.29, 1.82) is 0 Å². The number of hydrogen-bond acceptors (Lipinski definition) is 4. The number of rotatable bonds is 4. The molecule has 0 bridgehead atoms. The van der Waals surface area contributed by atoms with Gasteiger partial charge in [0, 0.05) is 60.8 Å². The fourth-order valence-corrected chi connectivity index (χ4v) is 4.71. The van der Waals surface area contributed by atoms with Crippen LogP contribution >= 0.6 is 0 Å². The number of anilines is 3. The van der Waals surface area contributed by atoms with Gasteiger partial charge >= 0.3 is 0 Å². The molecule has 2 aliphatic heterocycles. The third kappa shape index (κ3) is 4.01. The summed E-state index contributed by atoms with van der Waals surface area (Å²) in [5.74, 6) is -0.393. The minimum atomic E-state index is -0.464. The molecule has 2 atom stereocenters. The van der Waals surface area contributed by atoms with Gasteiger partial charge in [0.05, 0.1) is 0 Å². The molecule has 2 aromatic carbocycles. The summed E-state index contributed by atoms with van der Waals surface area (Å²) < 4.78 is 14.1. The van der Waals surface area contributed by atoms with E-state index in [0.29, 0.717) is 24.1 Å². The van der Waals surface area contributed by atoms with Crippen LogP contribution in [0.15, 0.2) is 36.4 Å². The average molecular weight is 411 g/mol. The predicted molar refractivity (Wildman–Crippen MR) is 121 cm³/mol. The molecule has 160 valence electrons. The van der Waals surface area contributed by atoms with Gasteiger partial charge in [-0.15, -0.1) is 0 Å². The Balaban J connectivity index is 1.42. The Labute approximate surface area is 178 Å². The minimum Gasteiger partial charge on any atom is -0.373 e. The molecule has 0 aliphatic carbocycles. The largest absolute Gasteiger partial charge is 0.373 e. The highest BCUT2D eigenvalue weighted by Crippen LogP contribution is 2.32. The highest BCUT2D eigenvalue weighted by molar-refractivity contribution is 5.98. The first-order valence-electron chi connectivity index (χ1n) is 10.8. The van der Waals surface area contributed by atoms with E-state index in [1.165, 1.54) is 6.07 Å². The summed E-state index contributed by atoms with van der Waals surface area (Å²) in [5.41, 5.74) is 4.19. The van der Waals surface area contributed by atoms with Gasteiger partial charge in [0.2, 0.25) is 5.91 Å². The Morgan fingerprint density at radius 3 is 2.73 bits per heavy atom. The third-order valence-electron chi connectivity index (χ3n) is 6.33. The number of piperazine rings is 1. The molecule has 30 heavy (non-hydrogen) atoms. The van der Waals surface area contributed by atoms with Gasteiger partial charge in [-0.25, -0.2) is 4.39 Å². The zero-order valence-corrected chi connectivity index (χ0v) is 18.2. The Hall–Kier alpha value is -2.60. The Kier molecular flexibility index (Phi) is 5.69.